The lowest BCUT2D eigenvalue weighted by molar-refractivity contribution is 0.0959. The number of thiocarbonyl (C=S) groups is 1. The highest BCUT2D eigenvalue weighted by atomic mass is 32.1. The first kappa shape index (κ1) is 9.73. The molecule has 1 aromatic heterocycles. The van der Waals surface area contributed by atoms with Crippen molar-refractivity contribution in [2.75, 3.05) is 6.54 Å². The van der Waals surface area contributed by atoms with E-state index in [1.807, 2.05) is 0 Å². The molecule has 3 N–H and O–H groups in total. The molecule has 0 atom stereocenters. The number of nitrogens with two attached hydrogens (primary N) is 1. The first-order chi connectivity index (χ1) is 6.09. The molecule has 0 aromatic carbocycles. The van der Waals surface area contributed by atoms with Crippen LogP contribution in [0.4, 0.5) is 0 Å². The first-order valence-electron chi connectivity index (χ1n) is 3.71. The summed E-state index contributed by atoms with van der Waals surface area (Å²) in [5.41, 5.74) is 5.70. The summed E-state index contributed by atoms with van der Waals surface area (Å²) < 4.78 is 4.97. The number of nitrogens with one attached hydrogen (secondary N) is 1. The van der Waals surface area contributed by atoms with Crippen LogP contribution in [0.2, 0.25) is 0 Å². The smallest absolute Gasteiger partial charge is 0.254 e. The van der Waals surface area contributed by atoms with E-state index in [0.29, 0.717) is 11.3 Å². The van der Waals surface area contributed by atoms with Gasteiger partial charge in [-0.05, 0) is 13.0 Å². The van der Waals surface area contributed by atoms with Gasteiger partial charge in [0.25, 0.3) is 5.91 Å². The van der Waals surface area contributed by atoms with Crippen LogP contribution in [0.3, 0.4) is 0 Å². The number of aryl methyl sites for hydroxylation is 1. The molecule has 0 fully saturated rings. The van der Waals surface area contributed by atoms with Crippen molar-refractivity contribution in [3.63, 3.8) is 0 Å². The lowest BCUT2D eigenvalue weighted by atomic mass is 10.3. The van der Waals surface area contributed by atoms with Crippen molar-refractivity contribution in [2.45, 2.75) is 6.92 Å². The van der Waals surface area contributed by atoms with Gasteiger partial charge < -0.3 is 15.5 Å². The molecule has 0 bridgehead atoms. The number of rotatable bonds is 3. The van der Waals surface area contributed by atoms with Crippen molar-refractivity contribution in [3.05, 3.63) is 23.7 Å². The monoisotopic (exact) mass is 198 g/mol. The Kier molecular flexibility index (Phi) is 3.02. The fourth-order valence-corrected chi connectivity index (χ4v) is 0.904. The van der Waals surface area contributed by atoms with Gasteiger partial charge in [0.2, 0.25) is 0 Å². The highest BCUT2D eigenvalue weighted by molar-refractivity contribution is 7.80. The number of carbonyl (C=O) groups excluding carboxylic acids is 1. The number of hydrogen-bond acceptors (Lipinski definition) is 3. The second-order valence-electron chi connectivity index (χ2n) is 2.60. The molecule has 13 heavy (non-hydrogen) atoms. The minimum Gasteiger partial charge on any atom is -0.469 e. The van der Waals surface area contributed by atoms with E-state index in [4.69, 9.17) is 10.2 Å². The molecule has 0 radical (unpaired) electrons. The quantitative estimate of drug-likeness (QED) is 0.698. The fraction of sp³-hybridized carbons (Fsp3) is 0.250. The van der Waals surface area contributed by atoms with E-state index in [-0.39, 0.29) is 17.4 Å². The molecule has 1 aromatic rings. The maximum absolute atomic E-state index is 11.3. The van der Waals surface area contributed by atoms with E-state index in [9.17, 15) is 4.79 Å². The lowest BCUT2D eigenvalue weighted by Gasteiger charge is -1.99. The third-order valence-corrected chi connectivity index (χ3v) is 1.56. The summed E-state index contributed by atoms with van der Waals surface area (Å²) in [6, 6.07) is 1.65. The molecule has 0 saturated carbocycles. The molecule has 70 valence electrons. The van der Waals surface area contributed by atoms with Gasteiger partial charge in [-0.25, -0.2) is 0 Å². The van der Waals surface area contributed by atoms with E-state index in [1.54, 1.807) is 13.0 Å². The number of carbonyl (C=O) groups is 1. The predicted octanol–water partition coefficient (Wildman–Crippen LogP) is 0.604. The summed E-state index contributed by atoms with van der Waals surface area (Å²) >= 11 is 4.61. The molecule has 1 heterocycles. The maximum atomic E-state index is 11.3. The third kappa shape index (κ3) is 2.87. The average molecular weight is 198 g/mol. The van der Waals surface area contributed by atoms with Crippen molar-refractivity contribution >= 4 is 23.1 Å². The van der Waals surface area contributed by atoms with Crippen LogP contribution < -0.4 is 11.1 Å². The number of amides is 1. The Morgan fingerprint density at radius 1 is 1.77 bits per heavy atom. The minimum absolute atomic E-state index is 0.207. The Hall–Kier alpha value is -1.36. The van der Waals surface area contributed by atoms with Gasteiger partial charge in [-0.3, -0.25) is 4.79 Å². The highest BCUT2D eigenvalue weighted by Crippen LogP contribution is 2.05. The van der Waals surface area contributed by atoms with Crippen molar-refractivity contribution in [1.82, 2.24) is 5.32 Å². The van der Waals surface area contributed by atoms with Crippen LogP contribution in [0.25, 0.3) is 0 Å². The summed E-state index contributed by atoms with van der Waals surface area (Å²) in [5.74, 6) is 0.463. The van der Waals surface area contributed by atoms with Crippen molar-refractivity contribution in [2.24, 2.45) is 5.73 Å². The van der Waals surface area contributed by atoms with E-state index in [0.717, 1.165) is 0 Å². The Balaban J connectivity index is 2.54. The van der Waals surface area contributed by atoms with Gasteiger partial charge in [0, 0.05) is 0 Å². The first-order valence-corrected chi connectivity index (χ1v) is 4.12. The standard InChI is InChI=1S/C8H10N2O2S/c1-5-2-6(4-12-5)8(11)10-3-7(9)13/h2,4H,3H2,1H3,(H2,9,13)(H,10,11). The van der Waals surface area contributed by atoms with E-state index in [1.165, 1.54) is 6.26 Å². The highest BCUT2D eigenvalue weighted by Gasteiger charge is 2.07. The molecule has 0 aliphatic heterocycles. The fourth-order valence-electron chi connectivity index (χ4n) is 0.832. The second kappa shape index (κ2) is 4.04. The van der Waals surface area contributed by atoms with Crippen molar-refractivity contribution in [3.8, 4) is 0 Å². The zero-order valence-corrected chi connectivity index (χ0v) is 7.98. The molecule has 0 aliphatic rings. The minimum atomic E-state index is -0.232. The summed E-state index contributed by atoms with van der Waals surface area (Å²) in [5, 5.41) is 2.55. The molecule has 0 aliphatic carbocycles. The van der Waals surface area contributed by atoms with Gasteiger partial charge in [-0.1, -0.05) is 12.2 Å². The van der Waals surface area contributed by atoms with Crippen molar-refractivity contribution in [1.29, 1.82) is 0 Å². The van der Waals surface area contributed by atoms with Gasteiger partial charge in [-0.15, -0.1) is 0 Å². The Morgan fingerprint density at radius 3 is 2.92 bits per heavy atom. The Morgan fingerprint density at radius 2 is 2.46 bits per heavy atom. The normalized spacial score (nSPS) is 9.62. The van der Waals surface area contributed by atoms with E-state index in [2.05, 4.69) is 17.5 Å². The molecule has 0 unspecified atom stereocenters. The SMILES string of the molecule is Cc1cc(C(=O)NCC(N)=S)co1. The second-order valence-corrected chi connectivity index (χ2v) is 3.12. The number of furan rings is 1. The molecular weight excluding hydrogens is 188 g/mol. The molecule has 1 rings (SSSR count). The third-order valence-electron chi connectivity index (χ3n) is 1.42. The maximum Gasteiger partial charge on any atom is 0.254 e. The summed E-state index contributed by atoms with van der Waals surface area (Å²) in [6.07, 6.45) is 1.39. The molecule has 0 spiro atoms. The predicted molar refractivity (Wildman–Crippen MR) is 52.6 cm³/mol. The zero-order chi connectivity index (χ0) is 9.84. The Labute approximate surface area is 81.1 Å². The molecular formula is C8H10N2O2S. The van der Waals surface area contributed by atoms with Crippen molar-refractivity contribution < 1.29 is 9.21 Å². The van der Waals surface area contributed by atoms with Crippen LogP contribution in [0, 0.1) is 6.92 Å². The van der Waals surface area contributed by atoms with Crippen LogP contribution in [0.5, 0.6) is 0 Å². The van der Waals surface area contributed by atoms with Crippen LogP contribution in [0.15, 0.2) is 16.7 Å². The van der Waals surface area contributed by atoms with Crippen LogP contribution in [-0.2, 0) is 0 Å². The molecule has 4 nitrogen and oxygen atoms in total. The lowest BCUT2D eigenvalue weighted by Crippen LogP contribution is -2.31. The molecule has 0 saturated heterocycles. The summed E-state index contributed by atoms with van der Waals surface area (Å²) in [6.45, 7) is 1.97. The summed E-state index contributed by atoms with van der Waals surface area (Å²) in [7, 11) is 0. The van der Waals surface area contributed by atoms with Gasteiger partial charge in [0.05, 0.1) is 17.1 Å². The van der Waals surface area contributed by atoms with E-state index < -0.39 is 0 Å². The van der Waals surface area contributed by atoms with Crippen LogP contribution in [0.1, 0.15) is 16.1 Å². The zero-order valence-electron chi connectivity index (χ0n) is 7.16. The number of hydrogen-bond donors (Lipinski definition) is 2. The van der Waals surface area contributed by atoms with Crippen LogP contribution in [-0.4, -0.2) is 17.4 Å². The largest absolute Gasteiger partial charge is 0.469 e. The Bertz CT molecular complexity index is 333. The topological polar surface area (TPSA) is 68.3 Å². The van der Waals surface area contributed by atoms with Gasteiger partial charge in [0.15, 0.2) is 0 Å². The van der Waals surface area contributed by atoms with Gasteiger partial charge in [0.1, 0.15) is 12.0 Å². The van der Waals surface area contributed by atoms with Gasteiger partial charge >= 0.3 is 0 Å². The van der Waals surface area contributed by atoms with E-state index >= 15 is 0 Å². The van der Waals surface area contributed by atoms with Gasteiger partial charge in [-0.2, -0.15) is 0 Å². The summed E-state index contributed by atoms with van der Waals surface area (Å²) in [4.78, 5) is 11.5. The molecule has 1 amide bonds. The average Bonchev–Trinajstić information content (AvgIpc) is 2.47. The molecule has 5 heteroatoms. The van der Waals surface area contributed by atoms with Crippen LogP contribution >= 0.6 is 12.2 Å².